The number of urea groups is 1. The predicted octanol–water partition coefficient (Wildman–Crippen LogP) is 3.26. The molecule has 0 unspecified atom stereocenters. The fourth-order valence-electron chi connectivity index (χ4n) is 2.82. The molecule has 0 aliphatic carbocycles. The standard InChI is InChI=1S/C20H23N5O/c1-14(17-10-6-8-15-7-4-5-9-18(15)17)23-20(26)22-13-16-11-12-21-19(24-16)25(2)3/h4-12,14H,13H2,1-3H3,(H2,22,23,26)/t14-/m1/s1. The van der Waals surface area contributed by atoms with E-state index in [0.717, 1.165) is 22.0 Å². The van der Waals surface area contributed by atoms with Crippen molar-refractivity contribution >= 4 is 22.8 Å². The van der Waals surface area contributed by atoms with Gasteiger partial charge in [0.15, 0.2) is 0 Å². The number of amides is 2. The van der Waals surface area contributed by atoms with Crippen LogP contribution in [0.15, 0.2) is 54.7 Å². The number of nitrogens with one attached hydrogen (secondary N) is 2. The molecule has 1 atom stereocenters. The average Bonchev–Trinajstić information content (AvgIpc) is 2.66. The SMILES string of the molecule is C[C@@H](NC(=O)NCc1ccnc(N(C)C)n1)c1cccc2ccccc12. The van der Waals surface area contributed by atoms with E-state index < -0.39 is 0 Å². The van der Waals surface area contributed by atoms with Crippen molar-refractivity contribution in [1.82, 2.24) is 20.6 Å². The Kier molecular flexibility index (Phi) is 5.31. The Morgan fingerprint density at radius 2 is 1.88 bits per heavy atom. The number of benzene rings is 2. The third kappa shape index (κ3) is 4.08. The maximum atomic E-state index is 12.3. The summed E-state index contributed by atoms with van der Waals surface area (Å²) in [7, 11) is 3.76. The molecule has 26 heavy (non-hydrogen) atoms. The maximum absolute atomic E-state index is 12.3. The van der Waals surface area contributed by atoms with E-state index in [2.05, 4.69) is 38.8 Å². The second-order valence-corrected chi connectivity index (χ2v) is 6.36. The topological polar surface area (TPSA) is 70.2 Å². The largest absolute Gasteiger partial charge is 0.347 e. The van der Waals surface area contributed by atoms with Crippen molar-refractivity contribution in [2.75, 3.05) is 19.0 Å². The summed E-state index contributed by atoms with van der Waals surface area (Å²) in [4.78, 5) is 22.7. The fourth-order valence-corrected chi connectivity index (χ4v) is 2.82. The lowest BCUT2D eigenvalue weighted by molar-refractivity contribution is 0.237. The molecule has 6 nitrogen and oxygen atoms in total. The van der Waals surface area contributed by atoms with Crippen molar-refractivity contribution in [3.63, 3.8) is 0 Å². The normalized spacial score (nSPS) is 11.8. The summed E-state index contributed by atoms with van der Waals surface area (Å²) in [5.74, 6) is 0.619. The molecule has 0 bridgehead atoms. The Balaban J connectivity index is 1.63. The molecule has 2 aromatic carbocycles. The molecule has 0 spiro atoms. The lowest BCUT2D eigenvalue weighted by atomic mass is 10.00. The Bertz CT molecular complexity index is 904. The molecule has 2 N–H and O–H groups in total. The number of hydrogen-bond donors (Lipinski definition) is 2. The summed E-state index contributed by atoms with van der Waals surface area (Å²) >= 11 is 0. The van der Waals surface area contributed by atoms with Gasteiger partial charge in [-0.2, -0.15) is 0 Å². The Labute approximate surface area is 153 Å². The lowest BCUT2D eigenvalue weighted by Crippen LogP contribution is -2.36. The molecule has 1 heterocycles. The average molecular weight is 349 g/mol. The van der Waals surface area contributed by atoms with Crippen LogP contribution in [0.3, 0.4) is 0 Å². The maximum Gasteiger partial charge on any atom is 0.315 e. The molecule has 0 saturated heterocycles. The minimum atomic E-state index is -0.226. The first-order chi connectivity index (χ1) is 12.5. The van der Waals surface area contributed by atoms with Crippen LogP contribution in [0.1, 0.15) is 24.2 Å². The molecular formula is C20H23N5O. The van der Waals surface area contributed by atoms with Crippen molar-refractivity contribution in [2.45, 2.75) is 19.5 Å². The molecule has 3 aromatic rings. The van der Waals surface area contributed by atoms with Crippen molar-refractivity contribution in [1.29, 1.82) is 0 Å². The van der Waals surface area contributed by atoms with Crippen LogP contribution in [0.25, 0.3) is 10.8 Å². The van der Waals surface area contributed by atoms with Gasteiger partial charge in [0.2, 0.25) is 5.95 Å². The highest BCUT2D eigenvalue weighted by molar-refractivity contribution is 5.86. The van der Waals surface area contributed by atoms with Crippen molar-refractivity contribution in [3.8, 4) is 0 Å². The summed E-state index contributed by atoms with van der Waals surface area (Å²) in [6.07, 6.45) is 1.69. The summed E-state index contributed by atoms with van der Waals surface area (Å²) < 4.78 is 0. The van der Waals surface area contributed by atoms with E-state index in [1.807, 2.05) is 50.2 Å². The van der Waals surface area contributed by atoms with Gasteiger partial charge in [-0.3, -0.25) is 0 Å². The van der Waals surface area contributed by atoms with E-state index in [0.29, 0.717) is 12.5 Å². The molecule has 0 radical (unpaired) electrons. The van der Waals surface area contributed by atoms with Crippen LogP contribution in [-0.4, -0.2) is 30.1 Å². The molecule has 6 heteroatoms. The Morgan fingerprint density at radius 1 is 1.12 bits per heavy atom. The molecule has 134 valence electrons. The minimum absolute atomic E-state index is 0.108. The van der Waals surface area contributed by atoms with Crippen LogP contribution in [0.5, 0.6) is 0 Å². The minimum Gasteiger partial charge on any atom is -0.347 e. The van der Waals surface area contributed by atoms with Crippen LogP contribution in [0.4, 0.5) is 10.7 Å². The van der Waals surface area contributed by atoms with E-state index in [4.69, 9.17) is 0 Å². The monoisotopic (exact) mass is 349 g/mol. The molecule has 1 aromatic heterocycles. The lowest BCUT2D eigenvalue weighted by Gasteiger charge is -2.17. The number of fused-ring (bicyclic) bond motifs is 1. The first kappa shape index (κ1) is 17.7. The van der Waals surface area contributed by atoms with Gasteiger partial charge in [-0.05, 0) is 29.3 Å². The summed E-state index contributed by atoms with van der Waals surface area (Å²) in [6.45, 7) is 2.33. The number of aromatic nitrogens is 2. The van der Waals surface area contributed by atoms with Crippen LogP contribution in [-0.2, 0) is 6.54 Å². The van der Waals surface area contributed by atoms with Gasteiger partial charge in [-0.1, -0.05) is 42.5 Å². The molecule has 0 fully saturated rings. The quantitative estimate of drug-likeness (QED) is 0.742. The van der Waals surface area contributed by atoms with Crippen molar-refractivity contribution < 1.29 is 4.79 Å². The molecular weight excluding hydrogens is 326 g/mol. The highest BCUT2D eigenvalue weighted by atomic mass is 16.2. The highest BCUT2D eigenvalue weighted by Crippen LogP contribution is 2.23. The van der Waals surface area contributed by atoms with Gasteiger partial charge in [0.05, 0.1) is 18.3 Å². The zero-order valence-corrected chi connectivity index (χ0v) is 15.2. The number of rotatable bonds is 5. The highest BCUT2D eigenvalue weighted by Gasteiger charge is 2.12. The number of carbonyl (C=O) groups is 1. The number of anilines is 1. The molecule has 2 amide bonds. The van der Waals surface area contributed by atoms with Crippen LogP contribution < -0.4 is 15.5 Å². The van der Waals surface area contributed by atoms with Crippen LogP contribution >= 0.6 is 0 Å². The first-order valence-electron chi connectivity index (χ1n) is 8.56. The van der Waals surface area contributed by atoms with E-state index in [-0.39, 0.29) is 12.1 Å². The second kappa shape index (κ2) is 7.82. The van der Waals surface area contributed by atoms with Gasteiger partial charge in [0.1, 0.15) is 0 Å². The van der Waals surface area contributed by atoms with E-state index in [1.54, 1.807) is 12.3 Å². The van der Waals surface area contributed by atoms with E-state index >= 15 is 0 Å². The van der Waals surface area contributed by atoms with Gasteiger partial charge < -0.3 is 15.5 Å². The van der Waals surface area contributed by atoms with E-state index in [9.17, 15) is 4.79 Å². The summed E-state index contributed by atoms with van der Waals surface area (Å²) in [5, 5.41) is 8.16. The van der Waals surface area contributed by atoms with Gasteiger partial charge in [0, 0.05) is 20.3 Å². The number of hydrogen-bond acceptors (Lipinski definition) is 4. The fraction of sp³-hybridized carbons (Fsp3) is 0.250. The Morgan fingerprint density at radius 3 is 2.69 bits per heavy atom. The smallest absolute Gasteiger partial charge is 0.315 e. The Hall–Kier alpha value is -3.15. The summed E-state index contributed by atoms with van der Waals surface area (Å²) in [6, 6.07) is 15.8. The third-order valence-electron chi connectivity index (χ3n) is 4.17. The van der Waals surface area contributed by atoms with E-state index in [1.165, 1.54) is 0 Å². The van der Waals surface area contributed by atoms with Crippen LogP contribution in [0.2, 0.25) is 0 Å². The number of nitrogens with zero attached hydrogens (tertiary/aromatic N) is 3. The zero-order chi connectivity index (χ0) is 18.5. The van der Waals surface area contributed by atoms with Crippen LogP contribution in [0, 0.1) is 0 Å². The van der Waals surface area contributed by atoms with Crippen molar-refractivity contribution in [3.05, 3.63) is 66.0 Å². The zero-order valence-electron chi connectivity index (χ0n) is 15.2. The molecule has 3 rings (SSSR count). The molecule has 0 aliphatic rings. The van der Waals surface area contributed by atoms with Gasteiger partial charge in [-0.15, -0.1) is 0 Å². The second-order valence-electron chi connectivity index (χ2n) is 6.36. The predicted molar refractivity (Wildman–Crippen MR) is 104 cm³/mol. The molecule has 0 aliphatic heterocycles. The van der Waals surface area contributed by atoms with Gasteiger partial charge >= 0.3 is 6.03 Å². The summed E-state index contributed by atoms with van der Waals surface area (Å²) in [5.41, 5.74) is 1.85. The van der Waals surface area contributed by atoms with Gasteiger partial charge in [-0.25, -0.2) is 14.8 Å². The third-order valence-corrected chi connectivity index (χ3v) is 4.17. The van der Waals surface area contributed by atoms with Crippen molar-refractivity contribution in [2.24, 2.45) is 0 Å². The molecule has 0 saturated carbocycles. The van der Waals surface area contributed by atoms with Gasteiger partial charge in [0.25, 0.3) is 0 Å². The first-order valence-corrected chi connectivity index (χ1v) is 8.56. The number of carbonyl (C=O) groups excluding carboxylic acids is 1.